The van der Waals surface area contributed by atoms with Crippen molar-refractivity contribution < 1.29 is 23.8 Å². The fourth-order valence-electron chi connectivity index (χ4n) is 2.56. The van der Waals surface area contributed by atoms with E-state index in [2.05, 4.69) is 10.4 Å². The van der Waals surface area contributed by atoms with E-state index in [0.717, 1.165) is 16.8 Å². The van der Waals surface area contributed by atoms with Gasteiger partial charge >= 0.3 is 0 Å². The molecular weight excluding hydrogens is 414 g/mol. The topological polar surface area (TPSA) is 90.0 Å². The number of hydrogen-bond donors (Lipinski definition) is 1. The number of nitrogens with one attached hydrogen (secondary N) is 1. The van der Waals surface area contributed by atoms with E-state index in [-0.39, 0.29) is 4.32 Å². The maximum absolute atomic E-state index is 12.8. The third kappa shape index (κ3) is 4.33. The van der Waals surface area contributed by atoms with Gasteiger partial charge in [-0.3, -0.25) is 20.0 Å². The van der Waals surface area contributed by atoms with E-state index in [0.29, 0.717) is 33.3 Å². The first-order chi connectivity index (χ1) is 14.0. The van der Waals surface area contributed by atoms with Crippen molar-refractivity contribution in [2.45, 2.75) is 0 Å². The zero-order valence-electron chi connectivity index (χ0n) is 15.8. The Hall–Kier alpha value is -3.11. The minimum atomic E-state index is -0.483. The second-order valence-corrected chi connectivity index (χ2v) is 7.33. The van der Waals surface area contributed by atoms with Crippen LogP contribution in [0.3, 0.4) is 0 Å². The van der Waals surface area contributed by atoms with Gasteiger partial charge < -0.3 is 14.2 Å². The number of hydrogen-bond acceptors (Lipinski definition) is 8. The summed E-state index contributed by atoms with van der Waals surface area (Å²) >= 11 is 6.32. The summed E-state index contributed by atoms with van der Waals surface area (Å²) in [4.78, 5) is 29.3. The van der Waals surface area contributed by atoms with Crippen LogP contribution in [-0.4, -0.2) is 47.5 Å². The Morgan fingerprint density at radius 1 is 1.21 bits per heavy atom. The third-order valence-corrected chi connectivity index (χ3v) is 5.22. The number of methoxy groups -OCH3 is 3. The van der Waals surface area contributed by atoms with Crippen LogP contribution in [-0.2, 0) is 4.79 Å². The summed E-state index contributed by atoms with van der Waals surface area (Å²) in [5, 5.41) is 1.04. The second-order valence-electron chi connectivity index (χ2n) is 5.66. The predicted molar refractivity (Wildman–Crippen MR) is 113 cm³/mol. The first-order valence-electron chi connectivity index (χ1n) is 8.27. The van der Waals surface area contributed by atoms with Gasteiger partial charge in [-0.05, 0) is 48.1 Å². The number of ether oxygens (including phenoxy) is 3. The molecule has 2 amide bonds. The summed E-state index contributed by atoms with van der Waals surface area (Å²) < 4.78 is 16.2. The van der Waals surface area contributed by atoms with E-state index in [1.54, 1.807) is 36.5 Å². The van der Waals surface area contributed by atoms with Gasteiger partial charge in [-0.2, -0.15) is 5.01 Å². The number of pyridine rings is 1. The lowest BCUT2D eigenvalue weighted by molar-refractivity contribution is -0.123. The van der Waals surface area contributed by atoms with Crippen LogP contribution >= 0.6 is 24.0 Å². The van der Waals surface area contributed by atoms with Crippen LogP contribution in [0, 0.1) is 0 Å². The van der Waals surface area contributed by atoms with E-state index in [4.69, 9.17) is 26.4 Å². The molecule has 0 atom stereocenters. The average molecular weight is 431 g/mol. The normalized spacial score (nSPS) is 14.9. The largest absolute Gasteiger partial charge is 0.493 e. The maximum Gasteiger partial charge on any atom is 0.285 e. The average Bonchev–Trinajstić information content (AvgIpc) is 3.00. The van der Waals surface area contributed by atoms with Crippen molar-refractivity contribution in [3.63, 3.8) is 0 Å². The molecule has 1 aliphatic heterocycles. The van der Waals surface area contributed by atoms with Crippen molar-refractivity contribution in [2.24, 2.45) is 0 Å². The quantitative estimate of drug-likeness (QED) is 0.552. The molecule has 10 heteroatoms. The van der Waals surface area contributed by atoms with Gasteiger partial charge in [0.1, 0.15) is 0 Å². The number of amides is 2. The van der Waals surface area contributed by atoms with Crippen molar-refractivity contribution in [2.75, 3.05) is 21.3 Å². The molecule has 2 heterocycles. The van der Waals surface area contributed by atoms with Crippen molar-refractivity contribution >= 4 is 46.2 Å². The molecule has 1 fully saturated rings. The van der Waals surface area contributed by atoms with E-state index >= 15 is 0 Å². The van der Waals surface area contributed by atoms with E-state index in [9.17, 15) is 9.59 Å². The monoisotopic (exact) mass is 431 g/mol. The molecule has 2 aromatic rings. The van der Waals surface area contributed by atoms with Gasteiger partial charge in [-0.15, -0.1) is 0 Å². The zero-order valence-corrected chi connectivity index (χ0v) is 17.4. The van der Waals surface area contributed by atoms with Crippen molar-refractivity contribution in [1.29, 1.82) is 0 Å². The summed E-state index contributed by atoms with van der Waals surface area (Å²) in [6, 6.07) is 6.64. The zero-order chi connectivity index (χ0) is 21.0. The molecule has 8 nitrogen and oxygen atoms in total. The molecule has 0 radical (unpaired) electrons. The van der Waals surface area contributed by atoms with Crippen LogP contribution in [0.4, 0.5) is 0 Å². The minimum absolute atomic E-state index is 0.214. The molecular formula is C19H17N3O5S2. The van der Waals surface area contributed by atoms with Gasteiger partial charge in [0.05, 0.1) is 31.8 Å². The van der Waals surface area contributed by atoms with Gasteiger partial charge in [0.25, 0.3) is 11.8 Å². The first-order valence-corrected chi connectivity index (χ1v) is 9.50. The summed E-state index contributed by atoms with van der Waals surface area (Å²) in [6.45, 7) is 0. The molecule has 0 aliphatic carbocycles. The Kier molecular flexibility index (Phi) is 6.35. The smallest absolute Gasteiger partial charge is 0.285 e. The molecule has 29 heavy (non-hydrogen) atoms. The van der Waals surface area contributed by atoms with E-state index in [1.807, 2.05) is 0 Å². The Balaban J connectivity index is 1.85. The molecule has 1 saturated heterocycles. The number of hydrazine groups is 1. The Morgan fingerprint density at radius 3 is 2.45 bits per heavy atom. The SMILES string of the molecule is COc1cc(/C=C2/SC(=S)N(NC(=O)c3cccnc3)C2=O)cc(OC)c1OC. The number of thiocarbonyl (C=S) groups is 1. The van der Waals surface area contributed by atoms with E-state index in [1.165, 1.54) is 27.5 Å². The Bertz CT molecular complexity index is 970. The number of nitrogens with zero attached hydrogens (tertiary/aromatic N) is 2. The highest BCUT2D eigenvalue weighted by molar-refractivity contribution is 8.26. The maximum atomic E-state index is 12.8. The lowest BCUT2D eigenvalue weighted by Gasteiger charge is -2.15. The number of thioether (sulfide) groups is 1. The van der Waals surface area contributed by atoms with Gasteiger partial charge in [-0.1, -0.05) is 11.8 Å². The molecule has 3 rings (SSSR count). The van der Waals surface area contributed by atoms with Crippen LogP contribution in [0.1, 0.15) is 15.9 Å². The van der Waals surface area contributed by atoms with Crippen molar-refractivity contribution in [1.82, 2.24) is 15.4 Å². The Labute approximate surface area is 176 Å². The summed E-state index contributed by atoms with van der Waals surface area (Å²) in [5.74, 6) is 0.440. The predicted octanol–water partition coefficient (Wildman–Crippen LogP) is 2.65. The minimum Gasteiger partial charge on any atom is -0.493 e. The molecule has 0 saturated carbocycles. The Morgan fingerprint density at radius 2 is 1.90 bits per heavy atom. The third-order valence-electron chi connectivity index (χ3n) is 3.92. The van der Waals surface area contributed by atoms with Gasteiger partial charge in [0.2, 0.25) is 5.75 Å². The summed E-state index contributed by atoms with van der Waals surface area (Å²) in [7, 11) is 4.53. The first kappa shape index (κ1) is 20.6. The molecule has 1 aromatic heterocycles. The summed E-state index contributed by atoms with van der Waals surface area (Å²) in [6.07, 6.45) is 4.59. The second kappa shape index (κ2) is 8.93. The molecule has 150 valence electrons. The van der Waals surface area contributed by atoms with Crippen LogP contribution in [0.5, 0.6) is 17.2 Å². The fraction of sp³-hybridized carbons (Fsp3) is 0.158. The number of rotatable bonds is 6. The van der Waals surface area contributed by atoms with Gasteiger partial charge in [0, 0.05) is 12.4 Å². The van der Waals surface area contributed by atoms with Gasteiger partial charge in [0.15, 0.2) is 15.8 Å². The molecule has 0 bridgehead atoms. The number of carbonyl (C=O) groups excluding carboxylic acids is 2. The van der Waals surface area contributed by atoms with Crippen LogP contribution in [0.15, 0.2) is 41.6 Å². The highest BCUT2D eigenvalue weighted by Crippen LogP contribution is 2.40. The molecule has 1 aliphatic rings. The fourth-order valence-corrected chi connectivity index (χ4v) is 3.74. The van der Waals surface area contributed by atoms with Crippen LogP contribution in [0.2, 0.25) is 0 Å². The molecule has 1 N–H and O–H groups in total. The lowest BCUT2D eigenvalue weighted by Crippen LogP contribution is -2.44. The molecule has 0 spiro atoms. The summed E-state index contributed by atoms with van der Waals surface area (Å²) in [5.41, 5.74) is 3.47. The number of carbonyl (C=O) groups is 2. The number of aromatic nitrogens is 1. The van der Waals surface area contributed by atoms with Crippen LogP contribution < -0.4 is 19.6 Å². The standard InChI is InChI=1S/C19H17N3O5S2/c1-25-13-7-11(8-14(26-2)16(13)27-3)9-15-18(24)22(19(28)29-15)21-17(23)12-5-4-6-20-10-12/h4-10H,1-3H3,(H,21,23)/b15-9+. The molecule has 1 aromatic carbocycles. The van der Waals surface area contributed by atoms with Crippen molar-refractivity contribution in [3.05, 3.63) is 52.7 Å². The van der Waals surface area contributed by atoms with E-state index < -0.39 is 11.8 Å². The highest BCUT2D eigenvalue weighted by Gasteiger charge is 2.34. The highest BCUT2D eigenvalue weighted by atomic mass is 32.2. The number of benzene rings is 1. The van der Waals surface area contributed by atoms with Crippen LogP contribution in [0.25, 0.3) is 6.08 Å². The van der Waals surface area contributed by atoms with Crippen molar-refractivity contribution in [3.8, 4) is 17.2 Å². The van der Waals surface area contributed by atoms with Gasteiger partial charge in [-0.25, -0.2) is 0 Å². The molecule has 0 unspecified atom stereocenters. The lowest BCUT2D eigenvalue weighted by atomic mass is 10.1.